The Hall–Kier alpha value is 1.32. The summed E-state index contributed by atoms with van der Waals surface area (Å²) in [5, 5.41) is 0. The molecule has 0 aliphatic heterocycles. The van der Waals surface area contributed by atoms with Crippen molar-refractivity contribution in [3.8, 4) is 0 Å². The van der Waals surface area contributed by atoms with E-state index < -0.39 is 0 Å². The largest absolute Gasteiger partial charge is 0.0776 e. The third kappa shape index (κ3) is 10.3. The van der Waals surface area contributed by atoms with Gasteiger partial charge in [0.05, 0.1) is 0 Å². The molecule has 0 amide bonds. The molecule has 0 aliphatic carbocycles. The Morgan fingerprint density at radius 2 is 1.25 bits per heavy atom. The van der Waals surface area contributed by atoms with Crippen LogP contribution < -0.4 is 0 Å². The topological polar surface area (TPSA) is 0 Å². The SMILES string of the molecule is C.C[SiH2].[Y]. The van der Waals surface area contributed by atoms with Crippen LogP contribution in [0.2, 0.25) is 6.55 Å². The van der Waals surface area contributed by atoms with E-state index in [0.29, 0.717) is 0 Å². The summed E-state index contributed by atoms with van der Waals surface area (Å²) >= 11 is 0. The first kappa shape index (κ1) is 18.4. The van der Waals surface area contributed by atoms with Gasteiger partial charge in [-0.05, 0) is 0 Å². The summed E-state index contributed by atoms with van der Waals surface area (Å²) < 4.78 is 0. The van der Waals surface area contributed by atoms with Crippen LogP contribution in [0.3, 0.4) is 0 Å². The Balaban J connectivity index is -0.00000000500. The fraction of sp³-hybridized carbons (Fsp3) is 1.00. The molecule has 2 radical (unpaired) electrons. The van der Waals surface area contributed by atoms with Crippen molar-refractivity contribution in [2.45, 2.75) is 14.0 Å². The van der Waals surface area contributed by atoms with E-state index in [1.807, 2.05) is 16.8 Å². The predicted molar refractivity (Wildman–Crippen MR) is 21.1 cm³/mol. The molecule has 2 heteroatoms. The molecule has 0 unspecified atom stereocenters. The van der Waals surface area contributed by atoms with E-state index in [-0.39, 0.29) is 40.1 Å². The van der Waals surface area contributed by atoms with Gasteiger partial charge in [0.25, 0.3) is 0 Å². The molecular weight excluding hydrogens is 141 g/mol. The Labute approximate surface area is 56.7 Å². The molecule has 0 N–H and O–H groups in total. The molecule has 24 valence electrons. The first-order valence-corrected chi connectivity index (χ1v) is 2.12. The van der Waals surface area contributed by atoms with Crippen molar-refractivity contribution < 1.29 is 32.7 Å². The molecule has 0 spiro atoms. The van der Waals surface area contributed by atoms with E-state index >= 15 is 0 Å². The van der Waals surface area contributed by atoms with Crippen LogP contribution in [0.15, 0.2) is 0 Å². The van der Waals surface area contributed by atoms with Gasteiger partial charge in [-0.3, -0.25) is 0 Å². The Kier molecular flexibility index (Phi) is 126. The van der Waals surface area contributed by atoms with Gasteiger partial charge in [0.15, 0.2) is 0 Å². The Morgan fingerprint density at radius 3 is 1.25 bits per heavy atom. The molecule has 0 nitrogen and oxygen atoms in total. The zero-order valence-corrected chi connectivity index (χ0v) is 6.54. The molecule has 4 heavy (non-hydrogen) atoms. The van der Waals surface area contributed by atoms with E-state index in [1.54, 1.807) is 0 Å². The molecule has 0 aliphatic rings. The molecule has 0 saturated carbocycles. The standard InChI is InChI=1S/CH5Si.CH4.Y/c1-2;;/h2H2,1H3;1H4;. The maximum atomic E-state index is 2.03. The van der Waals surface area contributed by atoms with Gasteiger partial charge in [0, 0.05) is 43.0 Å². The molecule has 0 fully saturated rings. The summed E-state index contributed by atoms with van der Waals surface area (Å²) in [7, 11) is 1.86. The molecule has 0 atom stereocenters. The van der Waals surface area contributed by atoms with Crippen LogP contribution in [-0.4, -0.2) is 10.2 Å². The van der Waals surface area contributed by atoms with Gasteiger partial charge in [-0.25, -0.2) is 0 Å². The number of hydrogen-bond donors (Lipinski definition) is 0. The summed E-state index contributed by atoms with van der Waals surface area (Å²) in [5.74, 6) is 0. The quantitative estimate of drug-likeness (QED) is 0.436. The molecule has 0 aromatic heterocycles. The van der Waals surface area contributed by atoms with Crippen LogP contribution in [-0.2, 0) is 32.7 Å². The van der Waals surface area contributed by atoms with Gasteiger partial charge in [-0.2, -0.15) is 0 Å². The summed E-state index contributed by atoms with van der Waals surface area (Å²) in [6, 6.07) is 0. The van der Waals surface area contributed by atoms with Crippen molar-refractivity contribution in [1.29, 1.82) is 0 Å². The normalized spacial score (nSPS) is 1.50. The third-order valence-electron chi connectivity index (χ3n) is 0. The molecular formula is C2H9SiY. The fourth-order valence-corrected chi connectivity index (χ4v) is 0. The van der Waals surface area contributed by atoms with E-state index in [1.165, 1.54) is 0 Å². The van der Waals surface area contributed by atoms with Crippen LogP contribution in [0.4, 0.5) is 0 Å². The Morgan fingerprint density at radius 1 is 1.25 bits per heavy atom. The van der Waals surface area contributed by atoms with Crippen LogP contribution in [0.1, 0.15) is 7.43 Å². The van der Waals surface area contributed by atoms with Gasteiger partial charge >= 0.3 is 0 Å². The smallest absolute Gasteiger partial charge is 0.00452 e. The second-order valence-corrected chi connectivity index (χ2v) is 0. The first-order chi connectivity index (χ1) is 1.00. The molecule has 0 aromatic rings. The second kappa shape index (κ2) is 27.3. The monoisotopic (exact) mass is 150 g/mol. The van der Waals surface area contributed by atoms with Gasteiger partial charge in [0.1, 0.15) is 0 Å². The van der Waals surface area contributed by atoms with Crippen molar-refractivity contribution in [2.75, 3.05) is 0 Å². The van der Waals surface area contributed by atoms with E-state index in [2.05, 4.69) is 0 Å². The zero-order chi connectivity index (χ0) is 2.00. The number of rotatable bonds is 0. The minimum absolute atomic E-state index is 0. The maximum absolute atomic E-state index is 2.03. The van der Waals surface area contributed by atoms with Crippen molar-refractivity contribution in [2.24, 2.45) is 0 Å². The van der Waals surface area contributed by atoms with E-state index in [4.69, 9.17) is 0 Å². The van der Waals surface area contributed by atoms with Gasteiger partial charge in [-0.15, -0.1) is 0 Å². The third-order valence-corrected chi connectivity index (χ3v) is 0. The molecule has 0 saturated heterocycles. The molecule has 0 aromatic carbocycles. The maximum Gasteiger partial charge on any atom is 0.00452 e. The minimum atomic E-state index is 0. The zero-order valence-electron chi connectivity index (χ0n) is 2.28. The van der Waals surface area contributed by atoms with Crippen molar-refractivity contribution in [3.63, 3.8) is 0 Å². The van der Waals surface area contributed by atoms with Crippen LogP contribution >= 0.6 is 0 Å². The fourth-order valence-electron chi connectivity index (χ4n) is 0. The van der Waals surface area contributed by atoms with Gasteiger partial charge in [0.2, 0.25) is 0 Å². The summed E-state index contributed by atoms with van der Waals surface area (Å²) in [5.41, 5.74) is 0. The molecule has 0 bridgehead atoms. The van der Waals surface area contributed by atoms with Crippen molar-refractivity contribution in [1.82, 2.24) is 0 Å². The first-order valence-electron chi connectivity index (χ1n) is 0.707. The van der Waals surface area contributed by atoms with Crippen LogP contribution in [0, 0.1) is 0 Å². The van der Waals surface area contributed by atoms with Crippen molar-refractivity contribution >= 4 is 10.2 Å². The average molecular weight is 150 g/mol. The summed E-state index contributed by atoms with van der Waals surface area (Å²) in [4.78, 5) is 0. The molecule has 0 heterocycles. The average Bonchev–Trinajstić information content (AvgIpc) is 1.00. The van der Waals surface area contributed by atoms with E-state index in [9.17, 15) is 0 Å². The number of hydrogen-bond acceptors (Lipinski definition) is 0. The second-order valence-electron chi connectivity index (χ2n) is 0. The van der Waals surface area contributed by atoms with Crippen LogP contribution in [0.5, 0.6) is 0 Å². The van der Waals surface area contributed by atoms with Gasteiger partial charge < -0.3 is 0 Å². The summed E-state index contributed by atoms with van der Waals surface area (Å²) in [6.45, 7) is 2.03. The molecule has 0 rings (SSSR count). The van der Waals surface area contributed by atoms with Gasteiger partial charge in [-0.1, -0.05) is 14.0 Å². The Bertz CT molecular complexity index is 6.00. The predicted octanol–water partition coefficient (Wildman–Crippen LogP) is 0.301. The summed E-state index contributed by atoms with van der Waals surface area (Å²) in [6.07, 6.45) is 0. The van der Waals surface area contributed by atoms with Crippen molar-refractivity contribution in [3.05, 3.63) is 0 Å². The minimum Gasteiger partial charge on any atom is -0.0776 e. The van der Waals surface area contributed by atoms with Crippen LogP contribution in [0.25, 0.3) is 0 Å². The van der Waals surface area contributed by atoms with E-state index in [0.717, 1.165) is 0 Å².